The van der Waals surface area contributed by atoms with Crippen LogP contribution < -0.4 is 5.32 Å². The van der Waals surface area contributed by atoms with E-state index in [4.69, 9.17) is 9.47 Å². The summed E-state index contributed by atoms with van der Waals surface area (Å²) >= 11 is 0. The fraction of sp³-hybridized carbons (Fsp3) is 1.00. The van der Waals surface area contributed by atoms with E-state index in [1.807, 2.05) is 0 Å². The Labute approximate surface area is 112 Å². The number of hydrogen-bond acceptors (Lipinski definition) is 3. The van der Waals surface area contributed by atoms with Crippen LogP contribution in [0.5, 0.6) is 0 Å². The van der Waals surface area contributed by atoms with Gasteiger partial charge in [0.15, 0.2) is 0 Å². The lowest BCUT2D eigenvalue weighted by Gasteiger charge is -2.22. The molecule has 1 saturated heterocycles. The third-order valence-electron chi connectivity index (χ3n) is 4.23. The summed E-state index contributed by atoms with van der Waals surface area (Å²) < 4.78 is 11.1. The standard InChI is InChI=1S/C15H29NO2/c1-2-4-6-15(5-3-1)16-9-12-18-13-14-7-10-17-11-8-14/h14-16H,1-13H2. The highest BCUT2D eigenvalue weighted by molar-refractivity contribution is 4.70. The molecule has 3 heteroatoms. The van der Waals surface area contributed by atoms with Crippen LogP contribution in [-0.4, -0.2) is 39.0 Å². The molecule has 0 radical (unpaired) electrons. The van der Waals surface area contributed by atoms with Gasteiger partial charge in [0.25, 0.3) is 0 Å². The topological polar surface area (TPSA) is 30.5 Å². The van der Waals surface area contributed by atoms with E-state index in [-0.39, 0.29) is 0 Å². The van der Waals surface area contributed by atoms with Crippen molar-refractivity contribution >= 4 is 0 Å². The summed E-state index contributed by atoms with van der Waals surface area (Å²) in [6, 6.07) is 0.749. The number of hydrogen-bond donors (Lipinski definition) is 1. The van der Waals surface area contributed by atoms with Crippen LogP contribution in [0.4, 0.5) is 0 Å². The first-order valence-corrected chi connectivity index (χ1v) is 7.84. The van der Waals surface area contributed by atoms with Gasteiger partial charge in [0, 0.05) is 32.4 Å². The second-order valence-electron chi connectivity index (χ2n) is 5.77. The van der Waals surface area contributed by atoms with E-state index >= 15 is 0 Å². The third-order valence-corrected chi connectivity index (χ3v) is 4.23. The molecule has 2 aliphatic rings. The first-order valence-electron chi connectivity index (χ1n) is 7.84. The Morgan fingerprint density at radius 2 is 1.67 bits per heavy atom. The van der Waals surface area contributed by atoms with Gasteiger partial charge in [-0.2, -0.15) is 0 Å². The van der Waals surface area contributed by atoms with Crippen LogP contribution in [0.3, 0.4) is 0 Å². The van der Waals surface area contributed by atoms with Crippen molar-refractivity contribution in [3.05, 3.63) is 0 Å². The van der Waals surface area contributed by atoms with Crippen molar-refractivity contribution < 1.29 is 9.47 Å². The Morgan fingerprint density at radius 3 is 2.39 bits per heavy atom. The first kappa shape index (κ1) is 14.3. The van der Waals surface area contributed by atoms with Crippen LogP contribution in [0.1, 0.15) is 51.4 Å². The molecule has 18 heavy (non-hydrogen) atoms. The van der Waals surface area contributed by atoms with Gasteiger partial charge in [0.2, 0.25) is 0 Å². The van der Waals surface area contributed by atoms with E-state index in [9.17, 15) is 0 Å². The van der Waals surface area contributed by atoms with Crippen LogP contribution in [0, 0.1) is 5.92 Å². The molecule has 0 atom stereocenters. The molecule has 2 fully saturated rings. The van der Waals surface area contributed by atoms with Gasteiger partial charge in [0.1, 0.15) is 0 Å². The summed E-state index contributed by atoms with van der Waals surface area (Å²) in [4.78, 5) is 0. The average Bonchev–Trinajstić information content (AvgIpc) is 2.68. The highest BCUT2D eigenvalue weighted by Gasteiger charge is 2.14. The van der Waals surface area contributed by atoms with Crippen molar-refractivity contribution in [3.8, 4) is 0 Å². The largest absolute Gasteiger partial charge is 0.381 e. The molecule has 0 aromatic rings. The lowest BCUT2D eigenvalue weighted by Crippen LogP contribution is -2.32. The van der Waals surface area contributed by atoms with Gasteiger partial charge in [-0.15, -0.1) is 0 Å². The smallest absolute Gasteiger partial charge is 0.0591 e. The van der Waals surface area contributed by atoms with Crippen LogP contribution in [0.25, 0.3) is 0 Å². The van der Waals surface area contributed by atoms with Crippen LogP contribution in [0.2, 0.25) is 0 Å². The molecule has 1 saturated carbocycles. The minimum absolute atomic E-state index is 0.733. The monoisotopic (exact) mass is 255 g/mol. The summed E-state index contributed by atoms with van der Waals surface area (Å²) in [7, 11) is 0. The molecule has 0 aromatic heterocycles. The molecule has 3 nitrogen and oxygen atoms in total. The van der Waals surface area contributed by atoms with Crippen molar-refractivity contribution in [2.75, 3.05) is 33.0 Å². The zero-order valence-electron chi connectivity index (χ0n) is 11.7. The maximum atomic E-state index is 5.78. The van der Waals surface area contributed by atoms with Gasteiger partial charge in [-0.1, -0.05) is 25.7 Å². The third kappa shape index (κ3) is 5.68. The van der Waals surface area contributed by atoms with E-state index in [0.717, 1.165) is 44.9 Å². The maximum Gasteiger partial charge on any atom is 0.0591 e. The highest BCUT2D eigenvalue weighted by Crippen LogP contribution is 2.17. The minimum Gasteiger partial charge on any atom is -0.381 e. The van der Waals surface area contributed by atoms with Gasteiger partial charge in [0.05, 0.1) is 6.61 Å². The maximum absolute atomic E-state index is 5.78. The molecule has 1 heterocycles. The zero-order chi connectivity index (χ0) is 12.5. The molecule has 1 N–H and O–H groups in total. The Kier molecular flexibility index (Phi) is 7.06. The molecule has 0 spiro atoms. The summed E-state index contributed by atoms with van der Waals surface area (Å²) in [5.41, 5.74) is 0. The zero-order valence-corrected chi connectivity index (χ0v) is 11.7. The molecule has 0 bridgehead atoms. The van der Waals surface area contributed by atoms with Gasteiger partial charge in [-0.25, -0.2) is 0 Å². The second kappa shape index (κ2) is 8.89. The van der Waals surface area contributed by atoms with Crippen molar-refractivity contribution in [3.63, 3.8) is 0 Å². The van der Waals surface area contributed by atoms with E-state index < -0.39 is 0 Å². The fourth-order valence-electron chi connectivity index (χ4n) is 2.98. The summed E-state index contributed by atoms with van der Waals surface area (Å²) in [6.45, 7) is 4.67. The van der Waals surface area contributed by atoms with Crippen molar-refractivity contribution in [2.24, 2.45) is 5.92 Å². The number of rotatable bonds is 6. The molecule has 1 aliphatic heterocycles. The van der Waals surface area contributed by atoms with Crippen molar-refractivity contribution in [2.45, 2.75) is 57.4 Å². The van der Waals surface area contributed by atoms with Gasteiger partial charge in [-0.05, 0) is 31.6 Å². The highest BCUT2D eigenvalue weighted by atomic mass is 16.5. The molecule has 106 valence electrons. The second-order valence-corrected chi connectivity index (χ2v) is 5.77. The lowest BCUT2D eigenvalue weighted by molar-refractivity contribution is 0.0210. The predicted molar refractivity (Wildman–Crippen MR) is 73.9 cm³/mol. The van der Waals surface area contributed by atoms with Crippen molar-refractivity contribution in [1.29, 1.82) is 0 Å². The van der Waals surface area contributed by atoms with Gasteiger partial charge >= 0.3 is 0 Å². The number of ether oxygens (including phenoxy) is 2. The number of nitrogens with one attached hydrogen (secondary N) is 1. The molecular formula is C15H29NO2. The lowest BCUT2D eigenvalue weighted by atomic mass is 10.0. The Morgan fingerprint density at radius 1 is 0.944 bits per heavy atom. The Hall–Kier alpha value is -0.120. The Balaban J connectivity index is 1.45. The summed E-state index contributed by atoms with van der Waals surface area (Å²) in [5.74, 6) is 0.733. The van der Waals surface area contributed by atoms with E-state index in [0.29, 0.717) is 0 Å². The fourth-order valence-corrected chi connectivity index (χ4v) is 2.98. The quantitative estimate of drug-likeness (QED) is 0.585. The van der Waals surface area contributed by atoms with Crippen molar-refractivity contribution in [1.82, 2.24) is 5.32 Å². The van der Waals surface area contributed by atoms with E-state index in [1.165, 1.54) is 51.4 Å². The molecular weight excluding hydrogens is 226 g/mol. The summed E-state index contributed by atoms with van der Waals surface area (Å²) in [5, 5.41) is 3.65. The minimum atomic E-state index is 0.733. The Bertz CT molecular complexity index is 197. The normalized spacial score (nSPS) is 24.0. The van der Waals surface area contributed by atoms with Crippen LogP contribution >= 0.6 is 0 Å². The first-order chi connectivity index (χ1) is 8.95. The SMILES string of the molecule is C1CCCC(NCCOCC2CCOCC2)CC1. The molecule has 0 amide bonds. The predicted octanol–water partition coefficient (Wildman–Crippen LogP) is 2.74. The van der Waals surface area contributed by atoms with Crippen LogP contribution in [0.15, 0.2) is 0 Å². The van der Waals surface area contributed by atoms with Crippen LogP contribution in [-0.2, 0) is 9.47 Å². The van der Waals surface area contributed by atoms with Gasteiger partial charge < -0.3 is 14.8 Å². The van der Waals surface area contributed by atoms with Gasteiger partial charge in [-0.3, -0.25) is 0 Å². The molecule has 2 rings (SSSR count). The van der Waals surface area contributed by atoms with E-state index in [1.54, 1.807) is 0 Å². The molecule has 0 aromatic carbocycles. The molecule has 1 aliphatic carbocycles. The summed E-state index contributed by atoms with van der Waals surface area (Å²) in [6.07, 6.45) is 10.7. The average molecular weight is 255 g/mol. The molecule has 0 unspecified atom stereocenters. The van der Waals surface area contributed by atoms with E-state index in [2.05, 4.69) is 5.32 Å².